The lowest BCUT2D eigenvalue weighted by Crippen LogP contribution is -2.43. The fourth-order valence-electron chi connectivity index (χ4n) is 3.36. The number of halogens is 3. The van der Waals surface area contributed by atoms with E-state index < -0.39 is 0 Å². The number of benzene rings is 3. The highest BCUT2D eigenvalue weighted by atomic mass is 32.1. The molecule has 1 heterocycles. The molecule has 4 rings (SSSR count). The molecule has 29 heavy (non-hydrogen) atoms. The van der Waals surface area contributed by atoms with Gasteiger partial charge in [0, 0.05) is 4.88 Å². The third-order valence-corrected chi connectivity index (χ3v) is 5.56. The SMILES string of the molecule is Fc1ccc(B(/C(=C\c2cccs2)c2ccc(F)cc2)c2ccc(F)cc2)cc1. The topological polar surface area (TPSA) is 0 Å². The van der Waals surface area contributed by atoms with Crippen LogP contribution in [-0.4, -0.2) is 6.71 Å². The van der Waals surface area contributed by atoms with Crippen molar-refractivity contribution in [2.24, 2.45) is 0 Å². The molecule has 5 heteroatoms. The third-order valence-electron chi connectivity index (χ3n) is 4.74. The monoisotopic (exact) mass is 404 g/mol. The Balaban J connectivity index is 1.93. The quantitative estimate of drug-likeness (QED) is 0.383. The minimum Gasteiger partial charge on any atom is -0.207 e. The summed E-state index contributed by atoms with van der Waals surface area (Å²) in [6, 6.07) is 22.9. The zero-order valence-electron chi connectivity index (χ0n) is 15.4. The first-order valence-electron chi connectivity index (χ1n) is 9.12. The Labute approximate surface area is 172 Å². The molecule has 142 valence electrons. The number of hydrogen-bond donors (Lipinski definition) is 0. The van der Waals surface area contributed by atoms with Gasteiger partial charge >= 0.3 is 0 Å². The molecule has 4 aromatic rings. The highest BCUT2D eigenvalue weighted by Gasteiger charge is 2.25. The molecule has 3 aromatic carbocycles. The van der Waals surface area contributed by atoms with E-state index in [1.807, 2.05) is 17.5 Å². The van der Waals surface area contributed by atoms with Crippen molar-refractivity contribution < 1.29 is 13.2 Å². The van der Waals surface area contributed by atoms with Gasteiger partial charge in [0.15, 0.2) is 0 Å². The van der Waals surface area contributed by atoms with Crippen LogP contribution in [0.15, 0.2) is 90.3 Å². The van der Waals surface area contributed by atoms with Gasteiger partial charge in [-0.1, -0.05) is 58.9 Å². The van der Waals surface area contributed by atoms with E-state index in [2.05, 4.69) is 6.08 Å². The fourth-order valence-corrected chi connectivity index (χ4v) is 4.03. The van der Waals surface area contributed by atoms with Gasteiger partial charge in [-0.25, -0.2) is 13.2 Å². The third kappa shape index (κ3) is 4.52. The highest BCUT2D eigenvalue weighted by molar-refractivity contribution is 7.11. The van der Waals surface area contributed by atoms with Crippen LogP contribution in [0.2, 0.25) is 0 Å². The molecule has 1 aromatic heterocycles. The standard InChI is InChI=1S/C24H16BF3S/c26-20-9-3-17(4-10-20)24(16-23-2-1-15-29-23)25(18-5-11-21(27)12-6-18)19-7-13-22(28)14-8-19/h1-16H/b24-16-. The Morgan fingerprint density at radius 3 is 1.59 bits per heavy atom. The zero-order valence-corrected chi connectivity index (χ0v) is 16.2. The van der Waals surface area contributed by atoms with E-state index in [1.165, 1.54) is 36.4 Å². The fraction of sp³-hybridized carbons (Fsp3) is 0. The lowest BCUT2D eigenvalue weighted by molar-refractivity contribution is 0.627. The van der Waals surface area contributed by atoms with Crippen molar-refractivity contribution in [2.75, 3.05) is 0 Å². The summed E-state index contributed by atoms with van der Waals surface area (Å²) in [6.45, 7) is -0.274. The van der Waals surface area contributed by atoms with Gasteiger partial charge in [-0.3, -0.25) is 0 Å². The van der Waals surface area contributed by atoms with Gasteiger partial charge in [-0.15, -0.1) is 11.3 Å². The van der Waals surface area contributed by atoms with Crippen LogP contribution in [0.3, 0.4) is 0 Å². The molecule has 0 fully saturated rings. The second kappa shape index (κ2) is 8.54. The Morgan fingerprint density at radius 2 is 1.14 bits per heavy atom. The van der Waals surface area contributed by atoms with Gasteiger partial charge in [0.2, 0.25) is 6.71 Å². The lowest BCUT2D eigenvalue weighted by atomic mass is 9.35. The Bertz CT molecular complexity index is 1060. The molecule has 0 nitrogen and oxygen atoms in total. The normalized spacial score (nSPS) is 11.5. The van der Waals surface area contributed by atoms with Crippen LogP contribution >= 0.6 is 11.3 Å². The van der Waals surface area contributed by atoms with E-state index in [-0.39, 0.29) is 24.2 Å². The molecule has 0 unspecified atom stereocenters. The van der Waals surface area contributed by atoms with Crippen LogP contribution in [0.5, 0.6) is 0 Å². The summed E-state index contributed by atoms with van der Waals surface area (Å²) >= 11 is 1.59. The van der Waals surface area contributed by atoms with Gasteiger partial charge in [0.05, 0.1) is 0 Å². The van der Waals surface area contributed by atoms with E-state index in [0.29, 0.717) is 0 Å². The second-order valence-electron chi connectivity index (χ2n) is 6.66. The molecule has 0 spiro atoms. The molecule has 0 aliphatic rings. The smallest absolute Gasteiger partial charge is 0.207 e. The molecular formula is C24H16BF3S. The maximum Gasteiger partial charge on any atom is 0.242 e. The van der Waals surface area contributed by atoms with E-state index in [4.69, 9.17) is 0 Å². The van der Waals surface area contributed by atoms with Crippen molar-refractivity contribution >= 4 is 40.5 Å². The van der Waals surface area contributed by atoms with Crippen LogP contribution in [0, 0.1) is 17.5 Å². The van der Waals surface area contributed by atoms with Crippen molar-refractivity contribution in [3.05, 3.63) is 118 Å². The van der Waals surface area contributed by atoms with E-state index in [9.17, 15) is 13.2 Å². The van der Waals surface area contributed by atoms with E-state index in [1.54, 1.807) is 47.7 Å². The second-order valence-corrected chi connectivity index (χ2v) is 7.64. The highest BCUT2D eigenvalue weighted by Crippen LogP contribution is 2.24. The zero-order chi connectivity index (χ0) is 20.2. The predicted octanol–water partition coefficient (Wildman–Crippen LogP) is 5.55. The van der Waals surface area contributed by atoms with Gasteiger partial charge in [0.1, 0.15) is 17.5 Å². The molecule has 0 saturated carbocycles. The van der Waals surface area contributed by atoms with Crippen molar-refractivity contribution in [1.82, 2.24) is 0 Å². The average Bonchev–Trinajstić information content (AvgIpc) is 3.24. The summed E-state index contributed by atoms with van der Waals surface area (Å²) in [4.78, 5) is 1.04. The molecule has 0 radical (unpaired) electrons. The van der Waals surface area contributed by atoms with E-state index >= 15 is 0 Å². The van der Waals surface area contributed by atoms with Crippen molar-refractivity contribution in [2.45, 2.75) is 0 Å². The summed E-state index contributed by atoms with van der Waals surface area (Å²) in [5.41, 5.74) is 3.50. The predicted molar refractivity (Wildman–Crippen MR) is 116 cm³/mol. The van der Waals surface area contributed by atoms with Crippen molar-refractivity contribution in [1.29, 1.82) is 0 Å². The molecule has 0 aliphatic carbocycles. The first kappa shape index (κ1) is 19.3. The first-order valence-corrected chi connectivity index (χ1v) is 10.00. The van der Waals surface area contributed by atoms with Gasteiger partial charge in [0.25, 0.3) is 0 Å². The summed E-state index contributed by atoms with van der Waals surface area (Å²) in [6.07, 6.45) is 2.05. The molecule has 0 aliphatic heterocycles. The van der Waals surface area contributed by atoms with Gasteiger partial charge in [-0.2, -0.15) is 0 Å². The van der Waals surface area contributed by atoms with Gasteiger partial charge in [-0.05, 0) is 59.5 Å². The Kier molecular flexibility index (Phi) is 5.68. The molecular weight excluding hydrogens is 388 g/mol. The van der Waals surface area contributed by atoms with Crippen LogP contribution in [-0.2, 0) is 0 Å². The maximum atomic E-state index is 13.6. The molecule has 0 bridgehead atoms. The summed E-state index contributed by atoms with van der Waals surface area (Å²) in [5, 5.41) is 1.99. The van der Waals surface area contributed by atoms with Crippen LogP contribution in [0.4, 0.5) is 13.2 Å². The minimum atomic E-state index is -0.322. The Hall–Kier alpha value is -3.05. The number of rotatable bonds is 5. The maximum absolute atomic E-state index is 13.6. The van der Waals surface area contributed by atoms with Crippen LogP contribution in [0.25, 0.3) is 11.5 Å². The summed E-state index contributed by atoms with van der Waals surface area (Å²) in [7, 11) is 0. The number of thiophene rings is 1. The molecule has 0 amide bonds. The lowest BCUT2D eigenvalue weighted by Gasteiger charge is -2.20. The van der Waals surface area contributed by atoms with Crippen LogP contribution < -0.4 is 10.9 Å². The summed E-state index contributed by atoms with van der Waals surface area (Å²) < 4.78 is 40.7. The largest absolute Gasteiger partial charge is 0.242 e. The summed E-state index contributed by atoms with van der Waals surface area (Å²) in [5.74, 6) is -0.960. The van der Waals surface area contributed by atoms with Crippen molar-refractivity contribution in [3.63, 3.8) is 0 Å². The average molecular weight is 404 g/mol. The van der Waals surface area contributed by atoms with Crippen LogP contribution in [0.1, 0.15) is 10.4 Å². The van der Waals surface area contributed by atoms with Gasteiger partial charge < -0.3 is 0 Å². The molecule has 0 atom stereocenters. The minimum absolute atomic E-state index is 0.274. The molecule has 0 saturated heterocycles. The first-order chi connectivity index (χ1) is 14.1. The van der Waals surface area contributed by atoms with Crippen molar-refractivity contribution in [3.8, 4) is 0 Å². The van der Waals surface area contributed by atoms with E-state index in [0.717, 1.165) is 26.8 Å². The molecule has 0 N–H and O–H groups in total. The Morgan fingerprint density at radius 1 is 0.655 bits per heavy atom. The number of hydrogen-bond acceptors (Lipinski definition) is 1.